The molecular formula is C11H15N3O3. The zero-order chi connectivity index (χ0) is 12.4. The lowest BCUT2D eigenvalue weighted by Crippen LogP contribution is -2.38. The van der Waals surface area contributed by atoms with E-state index in [9.17, 15) is 9.59 Å². The fourth-order valence-electron chi connectivity index (χ4n) is 1.87. The summed E-state index contributed by atoms with van der Waals surface area (Å²) in [6, 6.07) is -0.449. The standard InChI is InChI=1S/C11H15N3O3/c1-3-14-10(15)4-8(11(14)16)12-6-9-13-5-7(2)17-9/h5,8,12H,3-4,6H2,1-2H3. The molecule has 0 spiro atoms. The van der Waals surface area contributed by atoms with Gasteiger partial charge in [-0.1, -0.05) is 0 Å². The van der Waals surface area contributed by atoms with Gasteiger partial charge < -0.3 is 4.42 Å². The highest BCUT2D eigenvalue weighted by atomic mass is 16.4. The Morgan fingerprint density at radius 1 is 1.59 bits per heavy atom. The summed E-state index contributed by atoms with van der Waals surface area (Å²) in [6.45, 7) is 4.37. The lowest BCUT2D eigenvalue weighted by atomic mass is 10.2. The molecule has 92 valence electrons. The van der Waals surface area contributed by atoms with Crippen molar-refractivity contribution in [3.05, 3.63) is 17.8 Å². The predicted molar refractivity (Wildman–Crippen MR) is 58.9 cm³/mol. The Balaban J connectivity index is 1.92. The number of oxazole rings is 1. The van der Waals surface area contributed by atoms with Gasteiger partial charge in [-0.05, 0) is 13.8 Å². The van der Waals surface area contributed by atoms with Crippen LogP contribution in [0.4, 0.5) is 0 Å². The van der Waals surface area contributed by atoms with Crippen LogP contribution in [0.5, 0.6) is 0 Å². The first kappa shape index (κ1) is 11.8. The highest BCUT2D eigenvalue weighted by molar-refractivity contribution is 6.05. The van der Waals surface area contributed by atoms with Gasteiger partial charge in [-0.25, -0.2) is 4.98 Å². The fraction of sp³-hybridized carbons (Fsp3) is 0.545. The van der Waals surface area contributed by atoms with E-state index in [-0.39, 0.29) is 18.2 Å². The Kier molecular flexibility index (Phi) is 3.23. The molecule has 2 rings (SSSR count). The van der Waals surface area contributed by atoms with Gasteiger partial charge in [0.25, 0.3) is 0 Å². The minimum atomic E-state index is -0.449. The summed E-state index contributed by atoms with van der Waals surface area (Å²) in [5, 5.41) is 2.99. The monoisotopic (exact) mass is 237 g/mol. The van der Waals surface area contributed by atoms with E-state index in [2.05, 4.69) is 10.3 Å². The van der Waals surface area contributed by atoms with Gasteiger partial charge in [-0.3, -0.25) is 19.8 Å². The van der Waals surface area contributed by atoms with E-state index in [0.29, 0.717) is 19.0 Å². The van der Waals surface area contributed by atoms with Crippen LogP contribution in [0.1, 0.15) is 25.0 Å². The molecule has 6 heteroatoms. The van der Waals surface area contributed by atoms with E-state index < -0.39 is 6.04 Å². The Bertz CT molecular complexity index is 441. The van der Waals surface area contributed by atoms with Crippen LogP contribution < -0.4 is 5.32 Å². The lowest BCUT2D eigenvalue weighted by molar-refractivity contribution is -0.138. The number of carbonyl (C=O) groups is 2. The SMILES string of the molecule is CCN1C(=O)CC(NCc2ncc(C)o2)C1=O. The van der Waals surface area contributed by atoms with Gasteiger partial charge in [-0.2, -0.15) is 0 Å². The Morgan fingerprint density at radius 2 is 2.35 bits per heavy atom. The van der Waals surface area contributed by atoms with Gasteiger partial charge in [0.15, 0.2) is 0 Å². The summed E-state index contributed by atoms with van der Waals surface area (Å²) in [6.07, 6.45) is 1.84. The molecule has 0 bridgehead atoms. The highest BCUT2D eigenvalue weighted by Gasteiger charge is 2.37. The van der Waals surface area contributed by atoms with Crippen LogP contribution >= 0.6 is 0 Å². The smallest absolute Gasteiger partial charge is 0.246 e. The molecule has 1 fully saturated rings. The predicted octanol–water partition coefficient (Wildman–Crippen LogP) is 0.220. The van der Waals surface area contributed by atoms with Gasteiger partial charge in [0, 0.05) is 6.54 Å². The second-order valence-electron chi connectivity index (χ2n) is 3.98. The summed E-state index contributed by atoms with van der Waals surface area (Å²) in [5.41, 5.74) is 0. The van der Waals surface area contributed by atoms with E-state index in [1.807, 2.05) is 0 Å². The number of likely N-dealkylation sites (tertiary alicyclic amines) is 1. The first-order chi connectivity index (χ1) is 8.11. The average molecular weight is 237 g/mol. The Morgan fingerprint density at radius 3 is 2.88 bits per heavy atom. The Hall–Kier alpha value is -1.69. The van der Waals surface area contributed by atoms with Crippen LogP contribution in [0.25, 0.3) is 0 Å². The van der Waals surface area contributed by atoms with Crippen LogP contribution in [0.15, 0.2) is 10.6 Å². The largest absolute Gasteiger partial charge is 0.445 e. The van der Waals surface area contributed by atoms with E-state index in [0.717, 1.165) is 5.76 Å². The molecule has 1 unspecified atom stereocenters. The van der Waals surface area contributed by atoms with Crippen molar-refractivity contribution in [2.24, 2.45) is 0 Å². The van der Waals surface area contributed by atoms with Crippen LogP contribution in [0.2, 0.25) is 0 Å². The molecule has 1 aliphatic heterocycles. The molecule has 1 aromatic heterocycles. The average Bonchev–Trinajstić information content (AvgIpc) is 2.81. The first-order valence-corrected chi connectivity index (χ1v) is 5.60. The molecule has 2 heterocycles. The first-order valence-electron chi connectivity index (χ1n) is 5.60. The van der Waals surface area contributed by atoms with Crippen molar-refractivity contribution in [3.8, 4) is 0 Å². The van der Waals surface area contributed by atoms with Gasteiger partial charge in [0.05, 0.1) is 25.2 Å². The quantitative estimate of drug-likeness (QED) is 0.758. The maximum Gasteiger partial charge on any atom is 0.246 e. The number of imide groups is 1. The Labute approximate surface area is 99.0 Å². The summed E-state index contributed by atoms with van der Waals surface area (Å²) < 4.78 is 5.28. The summed E-state index contributed by atoms with van der Waals surface area (Å²) in [4.78, 5) is 28.5. The minimum Gasteiger partial charge on any atom is -0.445 e. The molecule has 0 saturated carbocycles. The van der Waals surface area contributed by atoms with Crippen molar-refractivity contribution in [1.29, 1.82) is 0 Å². The van der Waals surface area contributed by atoms with Crippen LogP contribution in [0, 0.1) is 6.92 Å². The number of amides is 2. The fourth-order valence-corrected chi connectivity index (χ4v) is 1.87. The van der Waals surface area contributed by atoms with Crippen molar-refractivity contribution in [3.63, 3.8) is 0 Å². The third kappa shape index (κ3) is 2.36. The van der Waals surface area contributed by atoms with Gasteiger partial charge >= 0.3 is 0 Å². The summed E-state index contributed by atoms with van der Waals surface area (Å²) >= 11 is 0. The number of hydrogen-bond donors (Lipinski definition) is 1. The molecule has 1 aliphatic rings. The number of hydrogen-bond acceptors (Lipinski definition) is 5. The van der Waals surface area contributed by atoms with Crippen LogP contribution in [-0.4, -0.2) is 34.3 Å². The lowest BCUT2D eigenvalue weighted by Gasteiger charge is -2.12. The van der Waals surface area contributed by atoms with Crippen LogP contribution in [-0.2, 0) is 16.1 Å². The van der Waals surface area contributed by atoms with Gasteiger partial charge in [0.2, 0.25) is 17.7 Å². The van der Waals surface area contributed by atoms with E-state index >= 15 is 0 Å². The normalized spacial score (nSPS) is 20.4. The van der Waals surface area contributed by atoms with Crippen LogP contribution in [0.3, 0.4) is 0 Å². The minimum absolute atomic E-state index is 0.126. The second kappa shape index (κ2) is 4.67. The third-order valence-electron chi connectivity index (χ3n) is 2.73. The van der Waals surface area contributed by atoms with Gasteiger partial charge in [0.1, 0.15) is 5.76 Å². The van der Waals surface area contributed by atoms with E-state index in [4.69, 9.17) is 4.42 Å². The maximum atomic E-state index is 11.8. The highest BCUT2D eigenvalue weighted by Crippen LogP contribution is 2.13. The maximum absolute atomic E-state index is 11.8. The van der Waals surface area contributed by atoms with Crippen molar-refractivity contribution in [1.82, 2.24) is 15.2 Å². The molecule has 0 radical (unpaired) electrons. The number of nitrogens with zero attached hydrogens (tertiary/aromatic N) is 2. The van der Waals surface area contributed by atoms with Crippen molar-refractivity contribution >= 4 is 11.8 Å². The molecule has 0 aliphatic carbocycles. The van der Waals surface area contributed by atoms with Gasteiger partial charge in [-0.15, -0.1) is 0 Å². The van der Waals surface area contributed by atoms with Crippen molar-refractivity contribution in [2.75, 3.05) is 6.54 Å². The zero-order valence-corrected chi connectivity index (χ0v) is 9.90. The number of nitrogens with one attached hydrogen (secondary N) is 1. The molecule has 6 nitrogen and oxygen atoms in total. The number of aromatic nitrogens is 1. The molecule has 1 atom stereocenters. The molecule has 1 N–H and O–H groups in total. The van der Waals surface area contributed by atoms with Crippen molar-refractivity contribution in [2.45, 2.75) is 32.9 Å². The number of carbonyl (C=O) groups excluding carboxylic acids is 2. The number of likely N-dealkylation sites (N-methyl/N-ethyl adjacent to an activating group) is 1. The molecule has 1 aromatic rings. The molecule has 0 aromatic carbocycles. The van der Waals surface area contributed by atoms with Crippen molar-refractivity contribution < 1.29 is 14.0 Å². The zero-order valence-electron chi connectivity index (χ0n) is 9.90. The second-order valence-corrected chi connectivity index (χ2v) is 3.98. The third-order valence-corrected chi connectivity index (χ3v) is 2.73. The van der Waals surface area contributed by atoms with E-state index in [1.54, 1.807) is 20.0 Å². The molecule has 1 saturated heterocycles. The molecule has 17 heavy (non-hydrogen) atoms. The number of rotatable bonds is 4. The molecule has 2 amide bonds. The summed E-state index contributed by atoms with van der Waals surface area (Å²) in [7, 11) is 0. The summed E-state index contributed by atoms with van der Waals surface area (Å²) in [5.74, 6) is 0.961. The number of aryl methyl sites for hydroxylation is 1. The topological polar surface area (TPSA) is 75.4 Å². The van der Waals surface area contributed by atoms with E-state index in [1.165, 1.54) is 4.90 Å². The molecular weight excluding hydrogens is 222 g/mol.